The van der Waals surface area contributed by atoms with Crippen LogP contribution in [0.15, 0.2) is 0 Å². The van der Waals surface area contributed by atoms with Crippen molar-refractivity contribution in [2.75, 3.05) is 27.4 Å². The van der Waals surface area contributed by atoms with Gasteiger partial charge in [-0.15, -0.1) is 0 Å². The maximum Gasteiger partial charge on any atom is 2.00 e. The minimum atomic E-state index is -1.02. The van der Waals surface area contributed by atoms with Crippen LogP contribution in [0.4, 0.5) is 0 Å². The molecule has 0 saturated heterocycles. The fraction of sp³-hybridized carbons (Fsp3) is 0.889. The molecule has 0 bridgehead atoms. The molecule has 2 atom stereocenters. The maximum absolute atomic E-state index is 10.0. The van der Waals surface area contributed by atoms with Gasteiger partial charge in [0, 0.05) is 39.4 Å². The molecule has 2 N–H and O–H groups in total. The molecule has 0 fully saturated rings. The van der Waals surface area contributed by atoms with Crippen LogP contribution in [-0.2, 0) is 19.1 Å². The molecule has 0 radical (unpaired) electrons. The molecule has 0 spiro atoms. The zero-order valence-corrected chi connectivity index (χ0v) is 18.9. The summed E-state index contributed by atoms with van der Waals surface area (Å²) in [6.07, 6.45) is 4.50. The van der Waals surface area contributed by atoms with Crippen LogP contribution < -0.4 is 10.2 Å². The van der Waals surface area contributed by atoms with Crippen molar-refractivity contribution in [2.24, 2.45) is 0 Å². The van der Waals surface area contributed by atoms with Crippen molar-refractivity contribution in [2.45, 2.75) is 76.4 Å². The summed E-state index contributed by atoms with van der Waals surface area (Å²) >= 11 is 0. The molecule has 27 heavy (non-hydrogen) atoms. The molecule has 0 saturated carbocycles. The van der Waals surface area contributed by atoms with Gasteiger partial charge in [-0.2, -0.15) is 0 Å². The number of hydrogen-bond acceptors (Lipinski definition) is 8. The standard InChI is InChI=1S/2C9H18O4.Ca/c2*1-13-7-6-8(10)4-2-3-5-9(11)12;/h2*8,10H,2-7H2,1H3,(H,11,12);/q;;+2/p-2/t2*8-;/m11./s1. The number of carboxylic acid groups (broad SMARTS) is 2. The average molecular weight is 419 g/mol. The minimum absolute atomic E-state index is 0. The minimum Gasteiger partial charge on any atom is -0.550 e. The predicted molar refractivity (Wildman–Crippen MR) is 97.7 cm³/mol. The number of ether oxygens (including phenoxy) is 2. The molecular formula is C18H34CaO8. The van der Waals surface area contributed by atoms with E-state index in [0.29, 0.717) is 51.7 Å². The molecule has 0 aromatic heterocycles. The van der Waals surface area contributed by atoms with Crippen molar-refractivity contribution >= 4 is 49.7 Å². The first-order valence-corrected chi connectivity index (χ1v) is 9.07. The zero-order chi connectivity index (χ0) is 20.2. The van der Waals surface area contributed by atoms with Gasteiger partial charge in [-0.3, -0.25) is 0 Å². The normalized spacial score (nSPS) is 12.3. The summed E-state index contributed by atoms with van der Waals surface area (Å²) < 4.78 is 9.59. The van der Waals surface area contributed by atoms with E-state index in [1.54, 1.807) is 14.2 Å². The summed E-state index contributed by atoms with van der Waals surface area (Å²) in [5.41, 5.74) is 0. The summed E-state index contributed by atoms with van der Waals surface area (Å²) in [5, 5.41) is 38.6. The Morgan fingerprint density at radius 2 is 1.07 bits per heavy atom. The quantitative estimate of drug-likeness (QED) is 0.240. The SMILES string of the molecule is COCC[C@H](O)CCCCC(=O)[O-].COCC[C@H](O)CCCCC(=O)[O-].[Ca+2]. The van der Waals surface area contributed by atoms with Crippen LogP contribution in [0.1, 0.15) is 64.2 Å². The van der Waals surface area contributed by atoms with Crippen LogP contribution in [0.25, 0.3) is 0 Å². The molecule has 0 aliphatic heterocycles. The Kier molecular flexibility index (Phi) is 28.3. The molecule has 0 heterocycles. The zero-order valence-electron chi connectivity index (χ0n) is 16.7. The molecule has 0 aromatic carbocycles. The Balaban J connectivity index is -0.000000411. The van der Waals surface area contributed by atoms with Crippen LogP contribution in [0.2, 0.25) is 0 Å². The average Bonchev–Trinajstić information content (AvgIpc) is 2.59. The molecule has 9 heteroatoms. The Bertz CT molecular complexity index is 309. The van der Waals surface area contributed by atoms with Gasteiger partial charge in [0.2, 0.25) is 0 Å². The first-order valence-electron chi connectivity index (χ1n) is 9.07. The van der Waals surface area contributed by atoms with Gasteiger partial charge >= 0.3 is 37.7 Å². The second kappa shape index (κ2) is 24.1. The van der Waals surface area contributed by atoms with Crippen LogP contribution >= 0.6 is 0 Å². The van der Waals surface area contributed by atoms with Crippen LogP contribution in [0, 0.1) is 0 Å². The molecular weight excluding hydrogens is 384 g/mol. The molecule has 156 valence electrons. The first-order chi connectivity index (χ1) is 12.3. The first kappa shape index (κ1) is 31.7. The molecule has 8 nitrogen and oxygen atoms in total. The summed E-state index contributed by atoms with van der Waals surface area (Å²) in [4.78, 5) is 20.0. The Morgan fingerprint density at radius 1 is 0.741 bits per heavy atom. The van der Waals surface area contributed by atoms with Crippen molar-refractivity contribution in [3.63, 3.8) is 0 Å². The molecule has 0 aromatic rings. The van der Waals surface area contributed by atoms with E-state index in [4.69, 9.17) is 9.47 Å². The van der Waals surface area contributed by atoms with Gasteiger partial charge in [0.25, 0.3) is 0 Å². The van der Waals surface area contributed by atoms with E-state index in [1.165, 1.54) is 0 Å². The van der Waals surface area contributed by atoms with Crippen molar-refractivity contribution in [3.8, 4) is 0 Å². The van der Waals surface area contributed by atoms with E-state index in [2.05, 4.69) is 0 Å². The van der Waals surface area contributed by atoms with Crippen LogP contribution in [0.3, 0.4) is 0 Å². The number of hydrogen-bond donors (Lipinski definition) is 2. The third-order valence-corrected chi connectivity index (χ3v) is 3.65. The maximum atomic E-state index is 10.0. The van der Waals surface area contributed by atoms with Gasteiger partial charge in [0.05, 0.1) is 12.2 Å². The number of methoxy groups -OCH3 is 2. The molecule has 0 amide bonds. The van der Waals surface area contributed by atoms with Crippen molar-refractivity contribution in [1.29, 1.82) is 0 Å². The Hall–Kier alpha value is 0.0397. The number of carbonyl (C=O) groups is 2. The summed E-state index contributed by atoms with van der Waals surface area (Å²) in [5.74, 6) is -2.04. The second-order valence-electron chi connectivity index (χ2n) is 6.11. The number of carboxylic acids is 2. The second-order valence-corrected chi connectivity index (χ2v) is 6.11. The van der Waals surface area contributed by atoms with E-state index in [-0.39, 0.29) is 62.8 Å². The summed E-state index contributed by atoms with van der Waals surface area (Å²) in [6.45, 7) is 1.09. The number of aliphatic hydroxyl groups excluding tert-OH is 2. The molecule has 0 rings (SSSR count). The summed E-state index contributed by atoms with van der Waals surface area (Å²) in [6, 6.07) is 0. The van der Waals surface area contributed by atoms with Gasteiger partial charge in [-0.25, -0.2) is 0 Å². The van der Waals surface area contributed by atoms with E-state index >= 15 is 0 Å². The van der Waals surface area contributed by atoms with Crippen molar-refractivity contribution in [3.05, 3.63) is 0 Å². The number of carbonyl (C=O) groups excluding carboxylic acids is 2. The summed E-state index contributed by atoms with van der Waals surface area (Å²) in [7, 11) is 3.17. The predicted octanol–water partition coefficient (Wildman–Crippen LogP) is -0.993. The monoisotopic (exact) mass is 418 g/mol. The van der Waals surface area contributed by atoms with E-state index in [1.807, 2.05) is 0 Å². The molecule has 0 unspecified atom stereocenters. The smallest absolute Gasteiger partial charge is 0.550 e. The van der Waals surface area contributed by atoms with Gasteiger partial charge in [0.15, 0.2) is 0 Å². The number of unbranched alkanes of at least 4 members (excludes halogenated alkanes) is 2. The molecule has 0 aliphatic rings. The van der Waals surface area contributed by atoms with Gasteiger partial charge < -0.3 is 39.5 Å². The van der Waals surface area contributed by atoms with Crippen LogP contribution in [-0.4, -0.2) is 99.5 Å². The fourth-order valence-electron chi connectivity index (χ4n) is 2.10. The third-order valence-electron chi connectivity index (χ3n) is 3.65. The van der Waals surface area contributed by atoms with Gasteiger partial charge in [-0.1, -0.05) is 12.8 Å². The Morgan fingerprint density at radius 3 is 1.33 bits per heavy atom. The number of rotatable bonds is 16. The van der Waals surface area contributed by atoms with E-state index < -0.39 is 11.9 Å². The van der Waals surface area contributed by atoms with E-state index in [9.17, 15) is 30.0 Å². The fourth-order valence-corrected chi connectivity index (χ4v) is 2.10. The van der Waals surface area contributed by atoms with Gasteiger partial charge in [0.1, 0.15) is 0 Å². The third kappa shape index (κ3) is 31.0. The Labute approximate surface area is 192 Å². The number of aliphatic carboxylic acids is 2. The van der Waals surface area contributed by atoms with Crippen molar-refractivity contribution in [1.82, 2.24) is 0 Å². The largest absolute Gasteiger partial charge is 2.00 e. The van der Waals surface area contributed by atoms with E-state index in [0.717, 1.165) is 12.8 Å². The molecule has 0 aliphatic carbocycles. The number of aliphatic hydroxyl groups is 2. The topological polar surface area (TPSA) is 139 Å². The van der Waals surface area contributed by atoms with Crippen molar-refractivity contribution < 1.29 is 39.5 Å². The van der Waals surface area contributed by atoms with Crippen LogP contribution in [0.5, 0.6) is 0 Å². The van der Waals surface area contributed by atoms with Gasteiger partial charge in [-0.05, 0) is 51.4 Å².